The summed E-state index contributed by atoms with van der Waals surface area (Å²) in [5, 5.41) is 0.913. The van der Waals surface area contributed by atoms with E-state index in [4.69, 9.17) is 11.6 Å². The topological polar surface area (TPSA) is 3.24 Å². The number of benzene rings is 1. The molecule has 0 bridgehead atoms. The first kappa shape index (κ1) is 22.9. The van der Waals surface area contributed by atoms with E-state index in [9.17, 15) is 0 Å². The van der Waals surface area contributed by atoms with E-state index in [1.807, 2.05) is 0 Å². The van der Waals surface area contributed by atoms with Gasteiger partial charge < -0.3 is 4.90 Å². The highest BCUT2D eigenvalue weighted by Crippen LogP contribution is 2.42. The van der Waals surface area contributed by atoms with Crippen LogP contribution in [0.1, 0.15) is 88.8 Å². The van der Waals surface area contributed by atoms with Crippen molar-refractivity contribution in [3.63, 3.8) is 0 Å². The van der Waals surface area contributed by atoms with Crippen LogP contribution in [0, 0.1) is 0 Å². The van der Waals surface area contributed by atoms with Crippen molar-refractivity contribution < 1.29 is 0 Å². The Bertz CT molecular complexity index is 858. The summed E-state index contributed by atoms with van der Waals surface area (Å²) in [7, 11) is 0. The first-order chi connectivity index (χ1) is 14.5. The molecule has 2 heteroatoms. The summed E-state index contributed by atoms with van der Waals surface area (Å²) < 4.78 is 0. The van der Waals surface area contributed by atoms with Crippen molar-refractivity contribution in [1.29, 1.82) is 0 Å². The molecule has 0 aromatic heterocycles. The summed E-state index contributed by atoms with van der Waals surface area (Å²) in [6.07, 6.45) is 16.8. The average Bonchev–Trinajstić information content (AvgIpc) is 2.71. The van der Waals surface area contributed by atoms with Gasteiger partial charge in [-0.3, -0.25) is 0 Å². The highest BCUT2D eigenvalue weighted by atomic mass is 35.5. The Morgan fingerprint density at radius 2 is 1.83 bits per heavy atom. The van der Waals surface area contributed by atoms with Gasteiger partial charge in [0.2, 0.25) is 0 Å². The molecule has 1 aromatic rings. The number of unbranched alkanes of at least 4 members (excludes halogenated alkanes) is 5. The zero-order valence-electron chi connectivity index (χ0n) is 19.2. The number of hydrogen-bond acceptors (Lipinski definition) is 1. The van der Waals surface area contributed by atoms with Crippen LogP contribution in [0.3, 0.4) is 0 Å². The molecule has 162 valence electrons. The summed E-state index contributed by atoms with van der Waals surface area (Å²) in [5.41, 5.74) is 8.60. The van der Waals surface area contributed by atoms with Gasteiger partial charge in [0.1, 0.15) is 0 Å². The van der Waals surface area contributed by atoms with Crippen molar-refractivity contribution in [2.45, 2.75) is 91.0 Å². The van der Waals surface area contributed by atoms with Crippen LogP contribution in [-0.4, -0.2) is 10.9 Å². The largest absolute Gasteiger partial charge is 0.343 e. The zero-order chi connectivity index (χ0) is 21.7. The van der Waals surface area contributed by atoms with Gasteiger partial charge in [-0.25, -0.2) is 0 Å². The monoisotopic (exact) mass is 423 g/mol. The quantitative estimate of drug-likeness (QED) is 0.340. The van der Waals surface area contributed by atoms with Crippen LogP contribution in [0.5, 0.6) is 0 Å². The normalized spacial score (nSPS) is 17.9. The molecule has 0 fully saturated rings. The lowest BCUT2D eigenvalue weighted by atomic mass is 9.84. The number of fused-ring (bicyclic) bond motifs is 3. The second-order valence-corrected chi connectivity index (χ2v) is 9.46. The maximum atomic E-state index is 6.76. The minimum absolute atomic E-state index is 0.492. The Morgan fingerprint density at radius 1 is 1.10 bits per heavy atom. The SMILES string of the molecule is C=C(C)C1=CN2C(=CC1=C)c1cc(Cl)c(CCCCCC)cc1CC2CCCCC. The van der Waals surface area contributed by atoms with Crippen LogP contribution >= 0.6 is 11.6 Å². The number of hydrogen-bond donors (Lipinski definition) is 0. The van der Waals surface area contributed by atoms with E-state index in [1.165, 1.54) is 79.3 Å². The number of halogens is 1. The van der Waals surface area contributed by atoms with Crippen molar-refractivity contribution in [2.24, 2.45) is 0 Å². The first-order valence-corrected chi connectivity index (χ1v) is 12.2. The Kier molecular flexibility index (Phi) is 8.06. The number of allylic oxidation sites excluding steroid dienone is 4. The molecule has 0 saturated heterocycles. The van der Waals surface area contributed by atoms with Crippen LogP contribution in [-0.2, 0) is 12.8 Å². The Balaban J connectivity index is 1.93. The van der Waals surface area contributed by atoms with Gasteiger partial charge in [-0.2, -0.15) is 0 Å². The van der Waals surface area contributed by atoms with Gasteiger partial charge in [-0.05, 0) is 72.6 Å². The van der Waals surface area contributed by atoms with Crippen LogP contribution in [0.25, 0.3) is 5.70 Å². The highest BCUT2D eigenvalue weighted by Gasteiger charge is 2.31. The second kappa shape index (κ2) is 10.5. The molecule has 1 atom stereocenters. The zero-order valence-corrected chi connectivity index (χ0v) is 20.0. The summed E-state index contributed by atoms with van der Waals surface area (Å²) in [4.78, 5) is 2.48. The van der Waals surface area contributed by atoms with Crippen LogP contribution < -0.4 is 0 Å². The minimum Gasteiger partial charge on any atom is -0.343 e. The average molecular weight is 424 g/mol. The van der Waals surface area contributed by atoms with Crippen molar-refractivity contribution >= 4 is 17.3 Å². The molecule has 1 unspecified atom stereocenters. The standard InChI is InChI=1S/C28H38ClN/c1-6-8-10-12-13-22-16-23-17-24(14-11-9-7-2)30-19-26(20(3)4)21(5)15-28(30)25(23)18-27(22)29/h15-16,18-19,24H,3,5-14,17H2,1-2,4H3. The summed E-state index contributed by atoms with van der Waals surface area (Å²) >= 11 is 6.76. The Morgan fingerprint density at radius 3 is 2.53 bits per heavy atom. The Hall–Kier alpha value is -1.73. The molecule has 1 nitrogen and oxygen atoms in total. The molecular formula is C28H38ClN. The van der Waals surface area contributed by atoms with Crippen LogP contribution in [0.4, 0.5) is 0 Å². The molecule has 2 heterocycles. The van der Waals surface area contributed by atoms with Gasteiger partial charge in [0.05, 0.1) is 0 Å². The van der Waals surface area contributed by atoms with Crippen LogP contribution in [0.2, 0.25) is 5.02 Å². The van der Waals surface area contributed by atoms with E-state index in [-0.39, 0.29) is 0 Å². The van der Waals surface area contributed by atoms with E-state index in [1.54, 1.807) is 0 Å². The third-order valence-electron chi connectivity index (χ3n) is 6.50. The third kappa shape index (κ3) is 5.11. The summed E-state index contributed by atoms with van der Waals surface area (Å²) in [6, 6.07) is 5.10. The molecule has 0 spiro atoms. The predicted molar refractivity (Wildman–Crippen MR) is 133 cm³/mol. The van der Waals surface area contributed by atoms with Gasteiger partial charge in [0, 0.05) is 28.5 Å². The fourth-order valence-corrected chi connectivity index (χ4v) is 5.00. The second-order valence-electron chi connectivity index (χ2n) is 9.05. The van der Waals surface area contributed by atoms with E-state index >= 15 is 0 Å². The fourth-order valence-electron chi connectivity index (χ4n) is 4.75. The predicted octanol–water partition coefficient (Wildman–Crippen LogP) is 8.64. The molecule has 0 amide bonds. The molecule has 0 saturated carbocycles. The summed E-state index contributed by atoms with van der Waals surface area (Å²) in [6.45, 7) is 15.1. The van der Waals surface area contributed by atoms with Gasteiger partial charge >= 0.3 is 0 Å². The molecule has 0 radical (unpaired) electrons. The third-order valence-corrected chi connectivity index (χ3v) is 6.85. The van der Waals surface area contributed by atoms with Crippen molar-refractivity contribution in [3.8, 4) is 0 Å². The molecular weight excluding hydrogens is 386 g/mol. The highest BCUT2D eigenvalue weighted by molar-refractivity contribution is 6.31. The molecule has 2 aliphatic heterocycles. The van der Waals surface area contributed by atoms with Gasteiger partial charge in [0.25, 0.3) is 0 Å². The van der Waals surface area contributed by atoms with E-state index in [0.29, 0.717) is 6.04 Å². The van der Waals surface area contributed by atoms with Crippen LogP contribution in [0.15, 0.2) is 54.3 Å². The molecule has 1 aromatic carbocycles. The van der Waals surface area contributed by atoms with Gasteiger partial charge in [-0.15, -0.1) is 0 Å². The lowest BCUT2D eigenvalue weighted by Crippen LogP contribution is -2.37. The molecule has 0 aliphatic carbocycles. The van der Waals surface area contributed by atoms with Crippen molar-refractivity contribution in [1.82, 2.24) is 4.90 Å². The van der Waals surface area contributed by atoms with E-state index in [2.05, 4.69) is 63.2 Å². The molecule has 0 N–H and O–H groups in total. The van der Waals surface area contributed by atoms with E-state index < -0.39 is 0 Å². The maximum Gasteiger partial charge on any atom is 0.0491 e. The molecule has 3 rings (SSSR count). The summed E-state index contributed by atoms with van der Waals surface area (Å²) in [5.74, 6) is 0. The number of nitrogens with zero attached hydrogens (tertiary/aromatic N) is 1. The Labute approximate surface area is 189 Å². The fraction of sp³-hybridized carbons (Fsp3) is 0.500. The lowest BCUT2D eigenvalue weighted by molar-refractivity contribution is 0.332. The van der Waals surface area contributed by atoms with Crippen molar-refractivity contribution in [2.75, 3.05) is 0 Å². The van der Waals surface area contributed by atoms with Gasteiger partial charge in [-0.1, -0.05) is 83.2 Å². The smallest absolute Gasteiger partial charge is 0.0491 e. The van der Waals surface area contributed by atoms with Gasteiger partial charge in [0.15, 0.2) is 0 Å². The van der Waals surface area contributed by atoms with E-state index in [0.717, 1.165) is 29.0 Å². The first-order valence-electron chi connectivity index (χ1n) is 11.8. The number of rotatable bonds is 10. The number of aryl methyl sites for hydroxylation is 1. The minimum atomic E-state index is 0.492. The van der Waals surface area contributed by atoms with Crippen molar-refractivity contribution in [3.05, 3.63) is 76.0 Å². The molecule has 30 heavy (non-hydrogen) atoms. The lowest BCUT2D eigenvalue weighted by Gasteiger charge is -2.41. The molecule has 2 aliphatic rings. The maximum absolute atomic E-state index is 6.76.